The number of amides is 1. The van der Waals surface area contributed by atoms with Crippen LogP contribution >= 0.6 is 0 Å². The summed E-state index contributed by atoms with van der Waals surface area (Å²) in [5, 5.41) is 2.96. The molecule has 1 aliphatic carbocycles. The van der Waals surface area contributed by atoms with Crippen molar-refractivity contribution < 1.29 is 17.9 Å². The predicted octanol–water partition coefficient (Wildman–Crippen LogP) is 4.63. The van der Waals surface area contributed by atoms with Gasteiger partial charge in [0.2, 0.25) is 0 Å². The molecule has 0 unspecified atom stereocenters. The van der Waals surface area contributed by atoms with Gasteiger partial charge >= 0.3 is 0 Å². The summed E-state index contributed by atoms with van der Waals surface area (Å²) in [7, 11) is -2.30. The topological polar surface area (TPSA) is 84.5 Å². The third kappa shape index (κ3) is 4.72. The molecule has 0 radical (unpaired) electrons. The number of hydrogen-bond donors (Lipinski definition) is 2. The van der Waals surface area contributed by atoms with Crippen LogP contribution in [0.1, 0.15) is 34.3 Å². The quantitative estimate of drug-likeness (QED) is 0.590. The van der Waals surface area contributed by atoms with Gasteiger partial charge in [-0.2, -0.15) is 0 Å². The van der Waals surface area contributed by atoms with Crippen LogP contribution in [0.5, 0.6) is 5.75 Å². The van der Waals surface area contributed by atoms with Crippen molar-refractivity contribution in [3.05, 3.63) is 83.4 Å². The maximum Gasteiger partial charge on any atom is 0.261 e. The molecular formula is C24H24N2O4S. The molecule has 3 aromatic carbocycles. The number of benzene rings is 3. The number of anilines is 2. The van der Waals surface area contributed by atoms with Crippen LogP contribution < -0.4 is 14.8 Å². The van der Waals surface area contributed by atoms with E-state index in [0.717, 1.165) is 31.4 Å². The molecule has 0 spiro atoms. The number of methoxy groups -OCH3 is 1. The minimum absolute atomic E-state index is 0.0195. The summed E-state index contributed by atoms with van der Waals surface area (Å²) in [6.45, 7) is 0. The molecule has 7 heteroatoms. The van der Waals surface area contributed by atoms with E-state index in [4.69, 9.17) is 4.74 Å². The Hall–Kier alpha value is -3.32. The lowest BCUT2D eigenvalue weighted by Gasteiger charge is -2.19. The van der Waals surface area contributed by atoms with Crippen LogP contribution in [0.4, 0.5) is 11.4 Å². The first-order valence-corrected chi connectivity index (χ1v) is 11.6. The van der Waals surface area contributed by atoms with Crippen molar-refractivity contribution >= 4 is 27.3 Å². The molecule has 1 aliphatic rings. The number of carbonyl (C=O) groups is 1. The highest BCUT2D eigenvalue weighted by Crippen LogP contribution is 2.28. The summed E-state index contributed by atoms with van der Waals surface area (Å²) in [4.78, 5) is 12.9. The van der Waals surface area contributed by atoms with Crippen LogP contribution in [-0.2, 0) is 22.9 Å². The number of aryl methyl sites for hydroxylation is 1. The minimum atomic E-state index is -3.85. The lowest BCUT2D eigenvalue weighted by atomic mass is 9.90. The predicted molar refractivity (Wildman–Crippen MR) is 121 cm³/mol. The van der Waals surface area contributed by atoms with Gasteiger partial charge in [0.15, 0.2) is 0 Å². The van der Waals surface area contributed by atoms with E-state index in [-0.39, 0.29) is 16.4 Å². The summed E-state index contributed by atoms with van der Waals surface area (Å²) in [5.41, 5.74) is 3.93. The number of sulfonamides is 1. The van der Waals surface area contributed by atoms with Crippen molar-refractivity contribution in [2.75, 3.05) is 17.1 Å². The molecule has 0 saturated heterocycles. The summed E-state index contributed by atoms with van der Waals surface area (Å²) < 4.78 is 33.2. The lowest BCUT2D eigenvalue weighted by Crippen LogP contribution is -2.17. The Morgan fingerprint density at radius 2 is 1.68 bits per heavy atom. The van der Waals surface area contributed by atoms with Crippen LogP contribution in [0.15, 0.2) is 71.6 Å². The Labute approximate surface area is 182 Å². The molecule has 0 fully saturated rings. The monoisotopic (exact) mass is 436 g/mol. The van der Waals surface area contributed by atoms with E-state index in [1.54, 1.807) is 43.5 Å². The van der Waals surface area contributed by atoms with E-state index in [1.165, 1.54) is 23.3 Å². The molecule has 31 heavy (non-hydrogen) atoms. The average molecular weight is 437 g/mol. The summed E-state index contributed by atoms with van der Waals surface area (Å²) >= 11 is 0. The molecule has 2 N–H and O–H groups in total. The molecule has 3 aromatic rings. The molecule has 0 aliphatic heterocycles. The van der Waals surface area contributed by atoms with Gasteiger partial charge in [-0.25, -0.2) is 8.42 Å². The van der Waals surface area contributed by atoms with Gasteiger partial charge in [-0.15, -0.1) is 0 Å². The second-order valence-electron chi connectivity index (χ2n) is 7.47. The number of fused-ring (bicyclic) bond motifs is 1. The van der Waals surface area contributed by atoms with Gasteiger partial charge in [0, 0.05) is 16.9 Å². The lowest BCUT2D eigenvalue weighted by molar-refractivity contribution is 0.102. The summed E-state index contributed by atoms with van der Waals surface area (Å²) in [6.07, 6.45) is 4.21. The van der Waals surface area contributed by atoms with E-state index in [1.807, 2.05) is 12.1 Å². The highest BCUT2D eigenvalue weighted by Gasteiger charge is 2.18. The molecule has 0 bridgehead atoms. The summed E-state index contributed by atoms with van der Waals surface area (Å²) in [6, 6.07) is 18.5. The van der Waals surface area contributed by atoms with Gasteiger partial charge in [-0.3, -0.25) is 9.52 Å². The summed E-state index contributed by atoms with van der Waals surface area (Å²) in [5.74, 6) is 0.296. The highest BCUT2D eigenvalue weighted by molar-refractivity contribution is 7.92. The van der Waals surface area contributed by atoms with E-state index in [0.29, 0.717) is 11.4 Å². The number of carbonyl (C=O) groups excluding carboxylic acids is 1. The number of hydrogen-bond acceptors (Lipinski definition) is 4. The standard InChI is InChI=1S/C24H24N2O4S/c1-30-20-14-12-19(13-15-20)26-31(28,29)21-9-4-8-18(16-21)24(27)25-23-11-5-7-17-6-2-3-10-22(17)23/h4-5,7-9,11-16,26H,2-3,6,10H2,1H3,(H,25,27). The largest absolute Gasteiger partial charge is 0.497 e. The second kappa shape index (κ2) is 8.81. The Morgan fingerprint density at radius 1 is 0.935 bits per heavy atom. The third-order valence-electron chi connectivity index (χ3n) is 5.39. The van der Waals surface area contributed by atoms with Crippen LogP contribution in [0.25, 0.3) is 0 Å². The highest BCUT2D eigenvalue weighted by atomic mass is 32.2. The van der Waals surface area contributed by atoms with E-state index in [9.17, 15) is 13.2 Å². The third-order valence-corrected chi connectivity index (χ3v) is 6.77. The van der Waals surface area contributed by atoms with Crippen LogP contribution in [0.2, 0.25) is 0 Å². The normalized spacial score (nSPS) is 13.2. The fourth-order valence-electron chi connectivity index (χ4n) is 3.77. The maximum atomic E-state index is 12.9. The Morgan fingerprint density at radius 3 is 2.45 bits per heavy atom. The molecule has 0 aromatic heterocycles. The van der Waals surface area contributed by atoms with Crippen molar-refractivity contribution in [3.8, 4) is 5.75 Å². The number of ether oxygens (including phenoxy) is 1. The first kappa shape index (κ1) is 20.9. The van der Waals surface area contributed by atoms with Crippen molar-refractivity contribution in [2.45, 2.75) is 30.6 Å². The Bertz CT molecular complexity index is 1200. The average Bonchev–Trinajstić information content (AvgIpc) is 2.80. The van der Waals surface area contributed by atoms with Gasteiger partial charge in [-0.05, 0) is 85.3 Å². The molecule has 160 valence electrons. The molecule has 0 atom stereocenters. The van der Waals surface area contributed by atoms with Crippen LogP contribution in [-0.4, -0.2) is 21.4 Å². The SMILES string of the molecule is COc1ccc(NS(=O)(=O)c2cccc(C(=O)Nc3cccc4c3CCCC4)c2)cc1. The molecule has 0 saturated carbocycles. The van der Waals surface area contributed by atoms with Crippen LogP contribution in [0.3, 0.4) is 0 Å². The Kier molecular flexibility index (Phi) is 5.95. The van der Waals surface area contributed by atoms with E-state index >= 15 is 0 Å². The molecule has 0 heterocycles. The smallest absolute Gasteiger partial charge is 0.261 e. The van der Waals surface area contributed by atoms with E-state index < -0.39 is 10.0 Å². The molecule has 6 nitrogen and oxygen atoms in total. The number of rotatable bonds is 6. The van der Waals surface area contributed by atoms with Crippen molar-refractivity contribution in [2.24, 2.45) is 0 Å². The van der Waals surface area contributed by atoms with Crippen molar-refractivity contribution in [1.82, 2.24) is 0 Å². The minimum Gasteiger partial charge on any atom is -0.497 e. The van der Waals surface area contributed by atoms with Crippen LogP contribution in [0, 0.1) is 0 Å². The van der Waals surface area contributed by atoms with Gasteiger partial charge in [0.25, 0.3) is 15.9 Å². The van der Waals surface area contributed by atoms with Gasteiger partial charge < -0.3 is 10.1 Å². The van der Waals surface area contributed by atoms with Crippen molar-refractivity contribution in [1.29, 1.82) is 0 Å². The first-order valence-electron chi connectivity index (χ1n) is 10.2. The maximum absolute atomic E-state index is 12.9. The molecule has 1 amide bonds. The first-order chi connectivity index (χ1) is 15.0. The number of nitrogens with one attached hydrogen (secondary N) is 2. The Balaban J connectivity index is 1.54. The van der Waals surface area contributed by atoms with Gasteiger partial charge in [0.05, 0.1) is 12.0 Å². The fourth-order valence-corrected chi connectivity index (χ4v) is 4.87. The zero-order valence-electron chi connectivity index (χ0n) is 17.2. The van der Waals surface area contributed by atoms with Gasteiger partial charge in [-0.1, -0.05) is 18.2 Å². The van der Waals surface area contributed by atoms with Gasteiger partial charge in [0.1, 0.15) is 5.75 Å². The molecular weight excluding hydrogens is 412 g/mol. The second-order valence-corrected chi connectivity index (χ2v) is 9.15. The zero-order valence-corrected chi connectivity index (χ0v) is 18.0. The van der Waals surface area contributed by atoms with E-state index in [2.05, 4.69) is 16.1 Å². The van der Waals surface area contributed by atoms with Crippen molar-refractivity contribution in [3.63, 3.8) is 0 Å². The molecule has 4 rings (SSSR count). The fraction of sp³-hybridized carbons (Fsp3) is 0.208. The zero-order chi connectivity index (χ0) is 21.8.